The van der Waals surface area contributed by atoms with Gasteiger partial charge in [0.1, 0.15) is 5.75 Å². The van der Waals surface area contributed by atoms with Gasteiger partial charge in [-0.25, -0.2) is 4.79 Å². The topological polar surface area (TPSA) is 46.5 Å². The van der Waals surface area contributed by atoms with Gasteiger partial charge in [-0.15, -0.1) is 0 Å². The van der Waals surface area contributed by atoms with E-state index in [-0.39, 0.29) is 0 Å². The van der Waals surface area contributed by atoms with E-state index in [1.54, 1.807) is 19.2 Å². The van der Waals surface area contributed by atoms with Gasteiger partial charge in [0.25, 0.3) is 0 Å². The highest BCUT2D eigenvalue weighted by atomic mass is 16.5. The molecule has 0 unspecified atom stereocenters. The van der Waals surface area contributed by atoms with Gasteiger partial charge in [0.2, 0.25) is 0 Å². The lowest BCUT2D eigenvalue weighted by atomic mass is 9.79. The highest BCUT2D eigenvalue weighted by Crippen LogP contribution is 2.38. The molecule has 0 radical (unpaired) electrons. The van der Waals surface area contributed by atoms with Gasteiger partial charge >= 0.3 is 5.97 Å². The fourth-order valence-corrected chi connectivity index (χ4v) is 1.84. The van der Waals surface area contributed by atoms with Crippen molar-refractivity contribution in [3.63, 3.8) is 0 Å². The molecule has 1 fully saturated rings. The molecule has 0 aliphatic heterocycles. The molecule has 1 aromatic rings. The lowest BCUT2D eigenvalue weighted by Gasteiger charge is -2.26. The molecule has 2 rings (SSSR count). The van der Waals surface area contributed by atoms with E-state index in [9.17, 15) is 4.79 Å². The number of carbonyl (C=O) groups is 1. The first-order valence-electron chi connectivity index (χ1n) is 5.13. The summed E-state index contributed by atoms with van der Waals surface area (Å²) in [4.78, 5) is 10.9. The second-order valence-electron chi connectivity index (χ2n) is 3.93. The SMILES string of the molecule is COc1cc(C(=O)O)cc(C2CCC2)c1. The number of benzene rings is 1. The zero-order valence-corrected chi connectivity index (χ0v) is 8.69. The van der Waals surface area contributed by atoms with Crippen molar-refractivity contribution in [2.24, 2.45) is 0 Å². The highest BCUT2D eigenvalue weighted by Gasteiger charge is 2.21. The molecule has 0 heterocycles. The van der Waals surface area contributed by atoms with Gasteiger partial charge < -0.3 is 9.84 Å². The minimum atomic E-state index is -0.894. The Morgan fingerprint density at radius 2 is 2.13 bits per heavy atom. The minimum Gasteiger partial charge on any atom is -0.497 e. The van der Waals surface area contributed by atoms with Crippen molar-refractivity contribution >= 4 is 5.97 Å². The average Bonchev–Trinajstić information content (AvgIpc) is 2.14. The summed E-state index contributed by atoms with van der Waals surface area (Å²) in [6, 6.07) is 5.26. The number of carboxylic acids is 1. The first-order chi connectivity index (χ1) is 7.20. The van der Waals surface area contributed by atoms with Crippen LogP contribution in [0.25, 0.3) is 0 Å². The summed E-state index contributed by atoms with van der Waals surface area (Å²) in [6.07, 6.45) is 3.56. The number of carboxylic acid groups (broad SMARTS) is 1. The first kappa shape index (κ1) is 10.0. The molecule has 0 bridgehead atoms. The standard InChI is InChI=1S/C12H14O3/c1-15-11-6-9(8-3-2-4-8)5-10(7-11)12(13)14/h5-8H,2-4H2,1H3,(H,13,14). The van der Waals surface area contributed by atoms with Gasteiger partial charge in [0, 0.05) is 0 Å². The molecule has 3 heteroatoms. The third kappa shape index (κ3) is 1.96. The smallest absolute Gasteiger partial charge is 0.335 e. The molecule has 3 nitrogen and oxygen atoms in total. The summed E-state index contributed by atoms with van der Waals surface area (Å²) in [6.45, 7) is 0. The summed E-state index contributed by atoms with van der Waals surface area (Å²) < 4.78 is 5.10. The Bertz CT molecular complexity index is 380. The molecule has 1 aromatic carbocycles. The number of rotatable bonds is 3. The normalized spacial score (nSPS) is 15.8. The van der Waals surface area contributed by atoms with Crippen LogP contribution in [0.4, 0.5) is 0 Å². The maximum Gasteiger partial charge on any atom is 0.335 e. The molecule has 80 valence electrons. The predicted molar refractivity (Wildman–Crippen MR) is 56.5 cm³/mol. The van der Waals surface area contributed by atoms with Crippen LogP contribution in [0.5, 0.6) is 5.75 Å². The van der Waals surface area contributed by atoms with Crippen LogP contribution in [0.15, 0.2) is 18.2 Å². The largest absolute Gasteiger partial charge is 0.497 e. The molecule has 0 amide bonds. The zero-order chi connectivity index (χ0) is 10.8. The molecule has 1 aliphatic carbocycles. The summed E-state index contributed by atoms with van der Waals surface area (Å²) in [7, 11) is 1.56. The summed E-state index contributed by atoms with van der Waals surface area (Å²) >= 11 is 0. The zero-order valence-electron chi connectivity index (χ0n) is 8.69. The van der Waals surface area contributed by atoms with Gasteiger partial charge in [-0.2, -0.15) is 0 Å². The highest BCUT2D eigenvalue weighted by molar-refractivity contribution is 5.88. The van der Waals surface area contributed by atoms with Crippen LogP contribution < -0.4 is 4.74 Å². The van der Waals surface area contributed by atoms with E-state index >= 15 is 0 Å². The summed E-state index contributed by atoms with van der Waals surface area (Å²) in [5.74, 6) is 0.268. The lowest BCUT2D eigenvalue weighted by molar-refractivity contribution is 0.0696. The second-order valence-corrected chi connectivity index (χ2v) is 3.93. The molecule has 0 saturated heterocycles. The molecular weight excluding hydrogens is 192 g/mol. The van der Waals surface area contributed by atoms with E-state index < -0.39 is 5.97 Å². The Kier molecular flexibility index (Phi) is 2.62. The van der Waals surface area contributed by atoms with E-state index in [0.717, 1.165) is 18.4 Å². The molecule has 1 aliphatic rings. The van der Waals surface area contributed by atoms with Crippen LogP contribution in [-0.4, -0.2) is 18.2 Å². The fourth-order valence-electron chi connectivity index (χ4n) is 1.84. The van der Waals surface area contributed by atoms with E-state index in [4.69, 9.17) is 9.84 Å². The third-order valence-corrected chi connectivity index (χ3v) is 2.99. The molecule has 0 atom stereocenters. The maximum atomic E-state index is 10.9. The number of ether oxygens (including phenoxy) is 1. The lowest BCUT2D eigenvalue weighted by Crippen LogP contribution is -2.10. The minimum absolute atomic E-state index is 0.316. The van der Waals surface area contributed by atoms with Crippen molar-refractivity contribution in [2.45, 2.75) is 25.2 Å². The summed E-state index contributed by atoms with van der Waals surface area (Å²) in [5.41, 5.74) is 1.41. The average molecular weight is 206 g/mol. The third-order valence-electron chi connectivity index (χ3n) is 2.99. The van der Waals surface area contributed by atoms with E-state index in [1.807, 2.05) is 6.07 Å². The Morgan fingerprint density at radius 3 is 2.60 bits per heavy atom. The molecular formula is C12H14O3. The Balaban J connectivity index is 2.36. The molecule has 1 saturated carbocycles. The van der Waals surface area contributed by atoms with Crippen LogP contribution in [0, 0.1) is 0 Å². The molecule has 0 aromatic heterocycles. The Morgan fingerprint density at radius 1 is 1.40 bits per heavy atom. The van der Waals surface area contributed by atoms with Crippen LogP contribution >= 0.6 is 0 Å². The van der Waals surface area contributed by atoms with Gasteiger partial charge in [0.05, 0.1) is 12.7 Å². The first-order valence-corrected chi connectivity index (χ1v) is 5.13. The Hall–Kier alpha value is -1.51. The van der Waals surface area contributed by atoms with Gasteiger partial charge in [-0.1, -0.05) is 6.42 Å². The van der Waals surface area contributed by atoms with Crippen molar-refractivity contribution < 1.29 is 14.6 Å². The quantitative estimate of drug-likeness (QED) is 0.827. The van der Waals surface area contributed by atoms with Gasteiger partial charge in [-0.3, -0.25) is 0 Å². The number of methoxy groups -OCH3 is 1. The molecule has 15 heavy (non-hydrogen) atoms. The van der Waals surface area contributed by atoms with E-state index in [1.165, 1.54) is 6.42 Å². The van der Waals surface area contributed by atoms with Crippen LogP contribution in [-0.2, 0) is 0 Å². The van der Waals surface area contributed by atoms with Gasteiger partial charge in [0.15, 0.2) is 0 Å². The van der Waals surface area contributed by atoms with Gasteiger partial charge in [-0.05, 0) is 42.5 Å². The van der Waals surface area contributed by atoms with Crippen molar-refractivity contribution in [1.29, 1.82) is 0 Å². The Labute approximate surface area is 88.7 Å². The van der Waals surface area contributed by atoms with Crippen molar-refractivity contribution in [1.82, 2.24) is 0 Å². The molecule has 1 N–H and O–H groups in total. The van der Waals surface area contributed by atoms with E-state index in [2.05, 4.69) is 0 Å². The van der Waals surface area contributed by atoms with Crippen molar-refractivity contribution in [2.75, 3.05) is 7.11 Å². The summed E-state index contributed by atoms with van der Waals surface area (Å²) in [5, 5.41) is 8.95. The van der Waals surface area contributed by atoms with Crippen molar-refractivity contribution in [3.05, 3.63) is 29.3 Å². The fraction of sp³-hybridized carbons (Fsp3) is 0.417. The monoisotopic (exact) mass is 206 g/mol. The molecule has 0 spiro atoms. The number of hydrogen-bond donors (Lipinski definition) is 1. The van der Waals surface area contributed by atoms with Crippen molar-refractivity contribution in [3.8, 4) is 5.75 Å². The number of hydrogen-bond acceptors (Lipinski definition) is 2. The number of aromatic carboxylic acids is 1. The predicted octanol–water partition coefficient (Wildman–Crippen LogP) is 2.66. The van der Waals surface area contributed by atoms with Crippen LogP contribution in [0.1, 0.15) is 41.1 Å². The maximum absolute atomic E-state index is 10.9. The van der Waals surface area contributed by atoms with Crippen LogP contribution in [0.2, 0.25) is 0 Å². The van der Waals surface area contributed by atoms with E-state index in [0.29, 0.717) is 17.2 Å². The second kappa shape index (κ2) is 3.93. The van der Waals surface area contributed by atoms with Crippen LogP contribution in [0.3, 0.4) is 0 Å².